The molecule has 4 heterocycles. The van der Waals surface area contributed by atoms with Gasteiger partial charge in [0.05, 0.1) is 31.0 Å². The molecule has 4 rings (SSSR count). The van der Waals surface area contributed by atoms with Crippen LogP contribution >= 0.6 is 11.8 Å². The Bertz CT molecular complexity index is 997. The molecule has 0 aliphatic carbocycles. The molecule has 178 valence electrons. The van der Waals surface area contributed by atoms with Gasteiger partial charge in [0.25, 0.3) is 0 Å². The molecule has 33 heavy (non-hydrogen) atoms. The monoisotopic (exact) mass is 474 g/mol. The molecule has 10 nitrogen and oxygen atoms in total. The highest BCUT2D eigenvalue weighted by Gasteiger charge is 2.32. The maximum Gasteiger partial charge on any atom is 0.337 e. The summed E-state index contributed by atoms with van der Waals surface area (Å²) in [6.45, 7) is 6.35. The first-order chi connectivity index (χ1) is 16.1. The van der Waals surface area contributed by atoms with Crippen molar-refractivity contribution < 1.29 is 18.7 Å². The van der Waals surface area contributed by atoms with Crippen molar-refractivity contribution >= 4 is 29.7 Å². The predicted molar refractivity (Wildman–Crippen MR) is 124 cm³/mol. The van der Waals surface area contributed by atoms with Gasteiger partial charge in [-0.25, -0.2) is 9.59 Å². The van der Waals surface area contributed by atoms with Crippen LogP contribution in [0.5, 0.6) is 0 Å². The van der Waals surface area contributed by atoms with Gasteiger partial charge in [0, 0.05) is 24.5 Å². The van der Waals surface area contributed by atoms with Gasteiger partial charge in [0.1, 0.15) is 5.76 Å². The van der Waals surface area contributed by atoms with E-state index < -0.39 is 12.0 Å². The number of anilines is 1. The fourth-order valence-corrected chi connectivity index (χ4v) is 5.03. The number of piperidine rings is 1. The Morgan fingerprint density at radius 1 is 1.27 bits per heavy atom. The van der Waals surface area contributed by atoms with Crippen molar-refractivity contribution in [2.75, 3.05) is 30.3 Å². The van der Waals surface area contributed by atoms with Gasteiger partial charge in [0.15, 0.2) is 5.16 Å². The van der Waals surface area contributed by atoms with Gasteiger partial charge < -0.3 is 24.7 Å². The van der Waals surface area contributed by atoms with Crippen LogP contribution in [0.4, 0.5) is 10.7 Å². The van der Waals surface area contributed by atoms with Crippen LogP contribution in [0.2, 0.25) is 0 Å². The third kappa shape index (κ3) is 5.35. The highest BCUT2D eigenvalue weighted by molar-refractivity contribution is 7.99. The number of ether oxygens (including phenoxy) is 1. The molecule has 2 amide bonds. The summed E-state index contributed by atoms with van der Waals surface area (Å²) < 4.78 is 12.9. The largest absolute Gasteiger partial charge is 0.467 e. The van der Waals surface area contributed by atoms with E-state index in [4.69, 9.17) is 9.15 Å². The second kappa shape index (κ2) is 10.8. The summed E-state index contributed by atoms with van der Waals surface area (Å²) in [6, 6.07) is 3.07. The lowest BCUT2D eigenvalue weighted by Crippen LogP contribution is -2.50. The van der Waals surface area contributed by atoms with E-state index in [0.29, 0.717) is 35.1 Å². The number of rotatable bonds is 9. The fraction of sp³-hybridized carbons (Fsp3) is 0.545. The molecule has 2 aromatic heterocycles. The Morgan fingerprint density at radius 2 is 2.09 bits per heavy atom. The zero-order valence-corrected chi connectivity index (χ0v) is 19.8. The van der Waals surface area contributed by atoms with Crippen LogP contribution in [0.3, 0.4) is 0 Å². The van der Waals surface area contributed by atoms with E-state index in [1.54, 1.807) is 13.2 Å². The van der Waals surface area contributed by atoms with E-state index in [9.17, 15) is 9.59 Å². The molecule has 1 fully saturated rings. The van der Waals surface area contributed by atoms with Crippen molar-refractivity contribution in [1.29, 1.82) is 0 Å². The number of hydrogen-bond donors (Lipinski definition) is 2. The zero-order valence-electron chi connectivity index (χ0n) is 19.0. The second-order valence-corrected chi connectivity index (χ2v) is 8.90. The number of furan rings is 1. The number of carbonyl (C=O) groups excluding carboxylic acids is 2. The molecule has 0 bridgehead atoms. The van der Waals surface area contributed by atoms with E-state index in [0.717, 1.165) is 37.6 Å². The Labute approximate surface area is 197 Å². The fourth-order valence-electron chi connectivity index (χ4n) is 4.12. The minimum absolute atomic E-state index is 0.268. The van der Waals surface area contributed by atoms with Crippen molar-refractivity contribution in [3.05, 3.63) is 35.4 Å². The molecule has 2 N–H and O–H groups in total. The Kier molecular flexibility index (Phi) is 7.58. The Morgan fingerprint density at radius 3 is 2.79 bits per heavy atom. The molecule has 0 aromatic carbocycles. The molecule has 0 spiro atoms. The number of amides is 2. The lowest BCUT2D eigenvalue weighted by Gasteiger charge is -2.28. The molecular formula is C22H30N6O4S. The average molecular weight is 475 g/mol. The summed E-state index contributed by atoms with van der Waals surface area (Å²) in [6.07, 6.45) is 5.72. The molecule has 0 saturated carbocycles. The number of hydrogen-bond acceptors (Lipinski definition) is 8. The normalized spacial score (nSPS) is 18.8. The topological polar surface area (TPSA) is 115 Å². The van der Waals surface area contributed by atoms with Crippen LogP contribution in [0.15, 0.2) is 39.2 Å². The molecule has 1 unspecified atom stereocenters. The maximum absolute atomic E-state index is 12.7. The molecule has 2 aliphatic heterocycles. The van der Waals surface area contributed by atoms with E-state index in [2.05, 4.69) is 25.7 Å². The van der Waals surface area contributed by atoms with Gasteiger partial charge in [-0.1, -0.05) is 18.7 Å². The Balaban J connectivity index is 1.61. The van der Waals surface area contributed by atoms with Gasteiger partial charge in [0.2, 0.25) is 5.95 Å². The number of nitrogens with zero attached hydrogens (tertiary/aromatic N) is 4. The zero-order chi connectivity index (χ0) is 23.2. The van der Waals surface area contributed by atoms with E-state index in [-0.39, 0.29) is 12.6 Å². The number of esters is 1. The number of thioether (sulfide) groups is 1. The Hall–Kier alpha value is -2.95. The van der Waals surface area contributed by atoms with Gasteiger partial charge in [-0.05, 0) is 44.7 Å². The van der Waals surface area contributed by atoms with Crippen LogP contribution in [0.25, 0.3) is 0 Å². The summed E-state index contributed by atoms with van der Waals surface area (Å²) in [7, 11) is 0. The molecule has 2 aliphatic rings. The van der Waals surface area contributed by atoms with Gasteiger partial charge >= 0.3 is 12.0 Å². The number of aromatic nitrogens is 3. The summed E-state index contributed by atoms with van der Waals surface area (Å²) >= 11 is 1.43. The summed E-state index contributed by atoms with van der Waals surface area (Å²) in [5.41, 5.74) is 1.00. The predicted octanol–water partition coefficient (Wildman–Crippen LogP) is 2.91. The van der Waals surface area contributed by atoms with Crippen LogP contribution in [-0.4, -0.2) is 58.3 Å². The molecule has 11 heteroatoms. The number of carbonyl (C=O) groups is 2. The van der Waals surface area contributed by atoms with Gasteiger partial charge in [-0.3, -0.25) is 4.57 Å². The van der Waals surface area contributed by atoms with Crippen molar-refractivity contribution in [1.82, 2.24) is 25.4 Å². The van der Waals surface area contributed by atoms with Crippen molar-refractivity contribution in [3.63, 3.8) is 0 Å². The van der Waals surface area contributed by atoms with Crippen LogP contribution < -0.4 is 15.5 Å². The lowest BCUT2D eigenvalue weighted by molar-refractivity contribution is -0.139. The molecule has 1 saturated heterocycles. The van der Waals surface area contributed by atoms with Crippen LogP contribution in [-0.2, 0) is 16.1 Å². The average Bonchev–Trinajstić information content (AvgIpc) is 3.48. The summed E-state index contributed by atoms with van der Waals surface area (Å²) in [4.78, 5) is 27.1. The highest BCUT2D eigenvalue weighted by atomic mass is 32.2. The van der Waals surface area contributed by atoms with Crippen LogP contribution in [0.1, 0.15) is 45.3 Å². The van der Waals surface area contributed by atoms with E-state index in [1.807, 2.05) is 23.6 Å². The van der Waals surface area contributed by atoms with Crippen LogP contribution in [0, 0.1) is 0 Å². The molecule has 0 radical (unpaired) electrons. The first kappa shape index (κ1) is 23.2. The summed E-state index contributed by atoms with van der Waals surface area (Å²) in [5.74, 6) is 1.56. The van der Waals surface area contributed by atoms with Crippen molar-refractivity contribution in [2.45, 2.75) is 57.3 Å². The molecular weight excluding hydrogens is 444 g/mol. The first-order valence-electron chi connectivity index (χ1n) is 11.4. The molecule has 1 atom stereocenters. The quantitative estimate of drug-likeness (QED) is 0.421. The third-order valence-electron chi connectivity index (χ3n) is 5.72. The van der Waals surface area contributed by atoms with E-state index in [1.165, 1.54) is 18.2 Å². The van der Waals surface area contributed by atoms with E-state index >= 15 is 0 Å². The number of urea groups is 1. The lowest BCUT2D eigenvalue weighted by atomic mass is 10.0. The van der Waals surface area contributed by atoms with Gasteiger partial charge in [-0.15, -0.1) is 10.2 Å². The minimum atomic E-state index is -0.418. The summed E-state index contributed by atoms with van der Waals surface area (Å²) in [5, 5.41) is 15.2. The highest BCUT2D eigenvalue weighted by Crippen LogP contribution is 2.28. The minimum Gasteiger partial charge on any atom is -0.467 e. The smallest absolute Gasteiger partial charge is 0.337 e. The second-order valence-electron chi connectivity index (χ2n) is 7.96. The SMILES string of the molecule is CCOC(=O)C1=C(CSc2nnc(N3CCCCC3)n2Cc2ccco2)NC(=O)NC1CC. The maximum atomic E-state index is 12.7. The first-order valence-corrected chi connectivity index (χ1v) is 12.4. The molecule has 2 aromatic rings. The third-order valence-corrected chi connectivity index (χ3v) is 6.72. The van der Waals surface area contributed by atoms with Crippen molar-refractivity contribution in [2.24, 2.45) is 0 Å². The van der Waals surface area contributed by atoms with Crippen molar-refractivity contribution in [3.8, 4) is 0 Å². The number of nitrogens with one attached hydrogen (secondary N) is 2. The standard InChI is InChI=1S/C22H30N6O4S/c1-3-16-18(19(29)31-4-2)17(24-20(30)23-16)14-33-22-26-25-21(27-10-6-5-7-11-27)28(22)13-15-9-8-12-32-15/h8-9,12,16H,3-7,10-11,13-14H2,1-2H3,(H2,23,24,30). The van der Waals surface area contributed by atoms with Gasteiger partial charge in [-0.2, -0.15) is 0 Å².